The average Bonchev–Trinajstić information content (AvgIpc) is 2.38. The van der Waals surface area contributed by atoms with E-state index >= 15 is 0 Å². The van der Waals surface area contributed by atoms with Crippen LogP contribution in [-0.2, 0) is 0 Å². The van der Waals surface area contributed by atoms with Gasteiger partial charge in [-0.3, -0.25) is 9.69 Å². The summed E-state index contributed by atoms with van der Waals surface area (Å²) in [6.45, 7) is 2.77. The number of amides is 1. The Bertz CT molecular complexity index is 387. The number of likely N-dealkylation sites (tertiary alicyclic amines) is 1. The molecule has 2 rings (SSSR count). The fourth-order valence-corrected chi connectivity index (χ4v) is 1.99. The van der Waals surface area contributed by atoms with Gasteiger partial charge in [0.15, 0.2) is 0 Å². The first-order valence-corrected chi connectivity index (χ1v) is 6.01. The third-order valence-corrected chi connectivity index (χ3v) is 2.98. The Hall–Kier alpha value is -1.55. The van der Waals surface area contributed by atoms with Crippen molar-refractivity contribution in [2.24, 2.45) is 5.73 Å². The van der Waals surface area contributed by atoms with Gasteiger partial charge in [-0.05, 0) is 31.0 Å². The number of nitrogens with two attached hydrogens (primary N) is 1. The Morgan fingerprint density at radius 2 is 2.06 bits per heavy atom. The lowest BCUT2D eigenvalue weighted by Crippen LogP contribution is -2.33. The van der Waals surface area contributed by atoms with Crippen molar-refractivity contribution in [1.82, 2.24) is 4.90 Å². The molecule has 4 heteroatoms. The van der Waals surface area contributed by atoms with Crippen molar-refractivity contribution >= 4 is 5.91 Å². The van der Waals surface area contributed by atoms with Gasteiger partial charge in [0, 0.05) is 18.7 Å². The molecule has 17 heavy (non-hydrogen) atoms. The molecule has 0 aliphatic carbocycles. The molecule has 0 bridgehead atoms. The number of piperidine rings is 1. The maximum atomic E-state index is 11.0. The molecule has 1 aromatic rings. The SMILES string of the molecule is NC(=O)c1cccc(OCN2CCCCC2)c1. The molecule has 0 radical (unpaired) electrons. The molecular weight excluding hydrogens is 216 g/mol. The first-order chi connectivity index (χ1) is 8.25. The highest BCUT2D eigenvalue weighted by Crippen LogP contribution is 2.14. The van der Waals surface area contributed by atoms with Crippen molar-refractivity contribution in [1.29, 1.82) is 0 Å². The molecule has 0 saturated carbocycles. The molecule has 0 atom stereocenters. The van der Waals surface area contributed by atoms with Crippen molar-refractivity contribution < 1.29 is 9.53 Å². The van der Waals surface area contributed by atoms with Gasteiger partial charge in [0.1, 0.15) is 12.5 Å². The maximum Gasteiger partial charge on any atom is 0.248 e. The van der Waals surface area contributed by atoms with Crippen LogP contribution in [0.25, 0.3) is 0 Å². The third kappa shape index (κ3) is 3.46. The molecule has 0 spiro atoms. The summed E-state index contributed by atoms with van der Waals surface area (Å²) in [6.07, 6.45) is 3.79. The van der Waals surface area contributed by atoms with Crippen molar-refractivity contribution in [2.45, 2.75) is 19.3 Å². The Balaban J connectivity index is 1.89. The fraction of sp³-hybridized carbons (Fsp3) is 0.462. The van der Waals surface area contributed by atoms with E-state index < -0.39 is 5.91 Å². The molecule has 1 aliphatic rings. The van der Waals surface area contributed by atoms with E-state index in [1.54, 1.807) is 18.2 Å². The summed E-state index contributed by atoms with van der Waals surface area (Å²) in [7, 11) is 0. The number of nitrogens with zero attached hydrogens (tertiary/aromatic N) is 1. The van der Waals surface area contributed by atoms with Crippen molar-refractivity contribution in [3.05, 3.63) is 29.8 Å². The molecule has 1 aromatic carbocycles. The van der Waals surface area contributed by atoms with Gasteiger partial charge in [-0.2, -0.15) is 0 Å². The van der Waals surface area contributed by atoms with E-state index in [0.717, 1.165) is 13.1 Å². The molecule has 0 unspecified atom stereocenters. The van der Waals surface area contributed by atoms with Crippen LogP contribution in [0, 0.1) is 0 Å². The van der Waals surface area contributed by atoms with E-state index in [1.807, 2.05) is 6.07 Å². The van der Waals surface area contributed by atoms with E-state index in [-0.39, 0.29) is 0 Å². The second-order valence-corrected chi connectivity index (χ2v) is 4.34. The second kappa shape index (κ2) is 5.68. The van der Waals surface area contributed by atoms with Gasteiger partial charge in [0.2, 0.25) is 5.91 Å². The van der Waals surface area contributed by atoms with Crippen LogP contribution >= 0.6 is 0 Å². The summed E-state index contributed by atoms with van der Waals surface area (Å²) in [5, 5.41) is 0. The summed E-state index contributed by atoms with van der Waals surface area (Å²) in [5.74, 6) is 0.278. The standard InChI is InChI=1S/C13H18N2O2/c14-13(16)11-5-4-6-12(9-11)17-10-15-7-2-1-3-8-15/h4-6,9H,1-3,7-8,10H2,(H2,14,16). The predicted octanol–water partition coefficient (Wildman–Crippen LogP) is 1.61. The molecule has 2 N–H and O–H groups in total. The zero-order chi connectivity index (χ0) is 12.1. The van der Waals surface area contributed by atoms with Gasteiger partial charge in [-0.15, -0.1) is 0 Å². The van der Waals surface area contributed by atoms with Crippen LogP contribution in [0.2, 0.25) is 0 Å². The topological polar surface area (TPSA) is 55.6 Å². The molecule has 0 aromatic heterocycles. The van der Waals surface area contributed by atoms with Gasteiger partial charge in [-0.1, -0.05) is 12.5 Å². The number of carbonyl (C=O) groups excluding carboxylic acids is 1. The molecule has 92 valence electrons. The molecule has 1 aliphatic heterocycles. The Kier molecular flexibility index (Phi) is 3.98. The van der Waals surface area contributed by atoms with Gasteiger partial charge in [-0.25, -0.2) is 0 Å². The number of carbonyl (C=O) groups is 1. The minimum atomic E-state index is -0.423. The summed E-state index contributed by atoms with van der Waals surface area (Å²) >= 11 is 0. The van der Waals surface area contributed by atoms with Crippen LogP contribution in [0.4, 0.5) is 0 Å². The first-order valence-electron chi connectivity index (χ1n) is 6.01. The highest BCUT2D eigenvalue weighted by molar-refractivity contribution is 5.93. The number of benzene rings is 1. The lowest BCUT2D eigenvalue weighted by Gasteiger charge is -2.26. The van der Waals surface area contributed by atoms with E-state index in [4.69, 9.17) is 10.5 Å². The van der Waals surface area contributed by atoms with Gasteiger partial charge in [0.25, 0.3) is 0 Å². The minimum absolute atomic E-state index is 0.423. The van der Waals surface area contributed by atoms with Crippen LogP contribution in [0.3, 0.4) is 0 Å². The zero-order valence-corrected chi connectivity index (χ0v) is 9.89. The highest BCUT2D eigenvalue weighted by atomic mass is 16.5. The third-order valence-electron chi connectivity index (χ3n) is 2.98. The number of rotatable bonds is 4. The quantitative estimate of drug-likeness (QED) is 0.861. The molecule has 1 amide bonds. The van der Waals surface area contributed by atoms with Gasteiger partial charge in [0.05, 0.1) is 0 Å². The van der Waals surface area contributed by atoms with E-state index in [9.17, 15) is 4.79 Å². The van der Waals surface area contributed by atoms with Crippen LogP contribution in [-0.4, -0.2) is 30.6 Å². The van der Waals surface area contributed by atoms with Crippen LogP contribution < -0.4 is 10.5 Å². The largest absolute Gasteiger partial charge is 0.478 e. The molecule has 4 nitrogen and oxygen atoms in total. The first kappa shape index (κ1) is 11.9. The summed E-state index contributed by atoms with van der Waals surface area (Å²) < 4.78 is 5.65. The fourth-order valence-electron chi connectivity index (χ4n) is 1.99. The summed E-state index contributed by atoms with van der Waals surface area (Å²) in [4.78, 5) is 13.3. The Labute approximate surface area is 101 Å². The van der Waals surface area contributed by atoms with Crippen LogP contribution in [0.5, 0.6) is 5.75 Å². The number of ether oxygens (including phenoxy) is 1. The van der Waals surface area contributed by atoms with Crippen LogP contribution in [0.15, 0.2) is 24.3 Å². The van der Waals surface area contributed by atoms with E-state index in [0.29, 0.717) is 18.0 Å². The lowest BCUT2D eigenvalue weighted by atomic mass is 10.1. The number of hydrogen-bond donors (Lipinski definition) is 1. The number of primary amides is 1. The number of hydrogen-bond acceptors (Lipinski definition) is 3. The molecular formula is C13H18N2O2. The zero-order valence-electron chi connectivity index (χ0n) is 9.89. The Morgan fingerprint density at radius 1 is 1.29 bits per heavy atom. The monoisotopic (exact) mass is 234 g/mol. The smallest absolute Gasteiger partial charge is 0.248 e. The van der Waals surface area contributed by atoms with Crippen molar-refractivity contribution in [3.8, 4) is 5.75 Å². The maximum absolute atomic E-state index is 11.0. The van der Waals surface area contributed by atoms with Crippen molar-refractivity contribution in [2.75, 3.05) is 19.8 Å². The summed E-state index contributed by atoms with van der Waals surface area (Å²) in [6, 6.07) is 7.00. The minimum Gasteiger partial charge on any atom is -0.478 e. The van der Waals surface area contributed by atoms with E-state index in [2.05, 4.69) is 4.90 Å². The van der Waals surface area contributed by atoms with Gasteiger partial charge < -0.3 is 10.5 Å². The predicted molar refractivity (Wildman–Crippen MR) is 65.9 cm³/mol. The van der Waals surface area contributed by atoms with Crippen molar-refractivity contribution in [3.63, 3.8) is 0 Å². The molecule has 1 heterocycles. The summed E-state index contributed by atoms with van der Waals surface area (Å²) in [5.41, 5.74) is 5.70. The average molecular weight is 234 g/mol. The van der Waals surface area contributed by atoms with E-state index in [1.165, 1.54) is 19.3 Å². The normalized spacial score (nSPS) is 16.7. The Morgan fingerprint density at radius 3 is 2.76 bits per heavy atom. The van der Waals surface area contributed by atoms with Gasteiger partial charge >= 0.3 is 0 Å². The van der Waals surface area contributed by atoms with Crippen LogP contribution in [0.1, 0.15) is 29.6 Å². The second-order valence-electron chi connectivity index (χ2n) is 4.34. The molecule has 1 saturated heterocycles. The molecule has 1 fully saturated rings. The lowest BCUT2D eigenvalue weighted by molar-refractivity contribution is 0.0993. The highest BCUT2D eigenvalue weighted by Gasteiger charge is 2.10.